The second kappa shape index (κ2) is 7.72. The summed E-state index contributed by atoms with van der Waals surface area (Å²) in [4.78, 5) is 2.44. The first-order valence-electron chi connectivity index (χ1n) is 9.49. The van der Waals surface area contributed by atoms with Crippen molar-refractivity contribution in [3.8, 4) is 0 Å². The second-order valence-corrected chi connectivity index (χ2v) is 10.2. The van der Waals surface area contributed by atoms with Gasteiger partial charge in [-0.2, -0.15) is 0 Å². The fourth-order valence-corrected chi connectivity index (χ4v) is 5.24. The average molecular weight is 370 g/mol. The topological polar surface area (TPSA) is 71.3 Å². The van der Waals surface area contributed by atoms with Crippen LogP contribution in [-0.2, 0) is 23.6 Å². The van der Waals surface area contributed by atoms with E-state index in [1.54, 1.807) is 18.2 Å². The van der Waals surface area contributed by atoms with Gasteiger partial charge in [0.2, 0.25) is 10.0 Å². The van der Waals surface area contributed by atoms with E-state index in [0.29, 0.717) is 13.1 Å². The maximum Gasteiger partial charge on any atom is 0.216 e. The molecule has 3 rings (SSSR count). The molecule has 0 bridgehead atoms. The first kappa shape index (κ1) is 18.8. The predicted octanol–water partition coefficient (Wildman–Crippen LogP) is 1.72. The molecule has 0 amide bonds. The van der Waals surface area contributed by atoms with E-state index in [1.807, 2.05) is 7.05 Å². The molecular weight excluding hydrogens is 338 g/mol. The van der Waals surface area contributed by atoms with Crippen LogP contribution in [0.2, 0.25) is 0 Å². The molecule has 2 saturated heterocycles. The van der Waals surface area contributed by atoms with Gasteiger partial charge in [-0.15, -0.1) is 10.2 Å². The molecule has 0 aromatic carbocycles. The monoisotopic (exact) mass is 369 g/mol. The molecule has 0 N–H and O–H groups in total. The molecule has 1 aromatic heterocycles. The number of nitrogens with zero attached hydrogens (tertiary/aromatic N) is 5. The van der Waals surface area contributed by atoms with Crippen LogP contribution < -0.4 is 0 Å². The summed E-state index contributed by atoms with van der Waals surface area (Å²) in [6.07, 6.45) is 5.69. The molecule has 8 heteroatoms. The smallest absolute Gasteiger partial charge is 0.216 e. The van der Waals surface area contributed by atoms with E-state index in [9.17, 15) is 8.42 Å². The number of hydrogen-bond acceptors (Lipinski definition) is 5. The normalized spacial score (nSPS) is 24.1. The van der Waals surface area contributed by atoms with Crippen molar-refractivity contribution in [1.29, 1.82) is 0 Å². The molecule has 25 heavy (non-hydrogen) atoms. The Morgan fingerprint density at radius 2 is 1.80 bits per heavy atom. The van der Waals surface area contributed by atoms with Crippen LogP contribution in [0.1, 0.15) is 63.5 Å². The van der Waals surface area contributed by atoms with Gasteiger partial charge in [-0.05, 0) is 52.6 Å². The van der Waals surface area contributed by atoms with Gasteiger partial charge in [-0.3, -0.25) is 4.90 Å². The Kier molecular flexibility index (Phi) is 5.80. The van der Waals surface area contributed by atoms with Gasteiger partial charge in [0.25, 0.3) is 0 Å². The summed E-state index contributed by atoms with van der Waals surface area (Å²) in [5, 5.41) is 8.47. The number of piperidine rings is 2. The van der Waals surface area contributed by atoms with Crippen molar-refractivity contribution in [2.45, 2.75) is 63.7 Å². The number of aromatic nitrogens is 3. The average Bonchev–Trinajstić information content (AvgIpc) is 2.96. The molecule has 0 aliphatic carbocycles. The van der Waals surface area contributed by atoms with Crippen molar-refractivity contribution < 1.29 is 8.42 Å². The maximum atomic E-state index is 12.5. The van der Waals surface area contributed by atoms with Crippen LogP contribution in [-0.4, -0.2) is 63.8 Å². The second-order valence-electron chi connectivity index (χ2n) is 7.66. The van der Waals surface area contributed by atoms with Crippen molar-refractivity contribution in [3.63, 3.8) is 0 Å². The van der Waals surface area contributed by atoms with Gasteiger partial charge >= 0.3 is 0 Å². The van der Waals surface area contributed by atoms with E-state index in [-0.39, 0.29) is 11.2 Å². The molecule has 2 aliphatic rings. The minimum absolute atomic E-state index is 0.134. The zero-order valence-electron chi connectivity index (χ0n) is 15.7. The van der Waals surface area contributed by atoms with Gasteiger partial charge in [-0.1, -0.05) is 6.42 Å². The minimum atomic E-state index is -3.20. The highest BCUT2D eigenvalue weighted by Gasteiger charge is 2.33. The Balaban J connectivity index is 1.71. The fourth-order valence-electron chi connectivity index (χ4n) is 3.87. The van der Waals surface area contributed by atoms with Gasteiger partial charge in [0.1, 0.15) is 11.6 Å². The van der Waals surface area contributed by atoms with Gasteiger partial charge < -0.3 is 4.57 Å². The number of likely N-dealkylation sites (tertiary alicyclic amines) is 1. The molecule has 0 radical (unpaired) electrons. The highest BCUT2D eigenvalue weighted by atomic mass is 32.2. The first-order valence-corrected chi connectivity index (χ1v) is 11.0. The Hall–Kier alpha value is -0.990. The van der Waals surface area contributed by atoms with Crippen LogP contribution in [0.25, 0.3) is 0 Å². The quantitative estimate of drug-likeness (QED) is 0.790. The zero-order chi connectivity index (χ0) is 18.0. The van der Waals surface area contributed by atoms with E-state index < -0.39 is 10.0 Å². The third-order valence-electron chi connectivity index (χ3n) is 5.52. The fraction of sp³-hybridized carbons (Fsp3) is 0.882. The van der Waals surface area contributed by atoms with Crippen molar-refractivity contribution in [2.24, 2.45) is 7.05 Å². The zero-order valence-corrected chi connectivity index (χ0v) is 16.5. The lowest BCUT2D eigenvalue weighted by atomic mass is 9.99. The molecule has 1 atom stereocenters. The lowest BCUT2D eigenvalue weighted by Crippen LogP contribution is -2.42. The lowest BCUT2D eigenvalue weighted by molar-refractivity contribution is 0.213. The van der Waals surface area contributed by atoms with Crippen molar-refractivity contribution >= 4 is 10.0 Å². The predicted molar refractivity (Wildman–Crippen MR) is 97.7 cm³/mol. The van der Waals surface area contributed by atoms with Crippen LogP contribution >= 0.6 is 0 Å². The van der Waals surface area contributed by atoms with Crippen LogP contribution in [0.15, 0.2) is 0 Å². The molecular formula is C17H31N5O2S. The summed E-state index contributed by atoms with van der Waals surface area (Å²) < 4.78 is 28.7. The highest BCUT2D eigenvalue weighted by molar-refractivity contribution is 7.89. The van der Waals surface area contributed by atoms with E-state index >= 15 is 0 Å². The third-order valence-corrected chi connectivity index (χ3v) is 7.76. The van der Waals surface area contributed by atoms with E-state index in [1.165, 1.54) is 19.3 Å². The van der Waals surface area contributed by atoms with Crippen LogP contribution in [0.3, 0.4) is 0 Å². The van der Waals surface area contributed by atoms with E-state index in [4.69, 9.17) is 0 Å². The summed E-state index contributed by atoms with van der Waals surface area (Å²) in [7, 11) is -1.18. The summed E-state index contributed by atoms with van der Waals surface area (Å²) in [6, 6.07) is 0. The van der Waals surface area contributed by atoms with Crippen molar-refractivity contribution in [1.82, 2.24) is 24.0 Å². The number of sulfonamides is 1. The summed E-state index contributed by atoms with van der Waals surface area (Å²) in [5.74, 6) is 2.05. The molecule has 7 nitrogen and oxygen atoms in total. The Morgan fingerprint density at radius 3 is 2.48 bits per heavy atom. The molecule has 2 aliphatic heterocycles. The number of rotatable bonds is 5. The van der Waals surface area contributed by atoms with Crippen LogP contribution in [0, 0.1) is 0 Å². The first-order chi connectivity index (χ1) is 11.9. The summed E-state index contributed by atoms with van der Waals surface area (Å²) >= 11 is 0. The molecule has 142 valence electrons. The largest absolute Gasteiger partial charge is 0.317 e. The summed E-state index contributed by atoms with van der Waals surface area (Å²) in [6.45, 7) is 7.74. The molecule has 0 unspecified atom stereocenters. The van der Waals surface area contributed by atoms with E-state index in [0.717, 1.165) is 44.1 Å². The molecule has 2 fully saturated rings. The molecule has 0 saturated carbocycles. The van der Waals surface area contributed by atoms with E-state index in [2.05, 4.69) is 19.7 Å². The summed E-state index contributed by atoms with van der Waals surface area (Å²) in [5.41, 5.74) is 0. The Morgan fingerprint density at radius 1 is 1.08 bits per heavy atom. The third kappa shape index (κ3) is 4.06. The van der Waals surface area contributed by atoms with Crippen LogP contribution in [0.4, 0.5) is 0 Å². The van der Waals surface area contributed by atoms with Gasteiger partial charge in [0, 0.05) is 26.1 Å². The Labute approximate surface area is 151 Å². The molecule has 0 spiro atoms. The number of hydrogen-bond donors (Lipinski definition) is 0. The molecule has 3 heterocycles. The van der Waals surface area contributed by atoms with Gasteiger partial charge in [0.05, 0.1) is 11.8 Å². The lowest BCUT2D eigenvalue weighted by Gasteiger charge is -2.32. The van der Waals surface area contributed by atoms with Crippen molar-refractivity contribution in [2.75, 3.05) is 26.2 Å². The van der Waals surface area contributed by atoms with Crippen molar-refractivity contribution in [3.05, 3.63) is 11.6 Å². The van der Waals surface area contributed by atoms with Crippen LogP contribution in [0.5, 0.6) is 0 Å². The minimum Gasteiger partial charge on any atom is -0.317 e. The molecule has 1 aromatic rings. The standard InChI is InChI=1S/C17H31N5O2S/c1-14(2)25(23,24)22-11-7-8-15(12-22)17-19-18-16(20(17)3)13-21-9-5-4-6-10-21/h14-15H,4-13H2,1-3H3/t15-/m0/s1. The van der Waals surface area contributed by atoms with Gasteiger partial charge in [-0.25, -0.2) is 12.7 Å². The highest BCUT2D eigenvalue weighted by Crippen LogP contribution is 2.28. The van der Waals surface area contributed by atoms with Gasteiger partial charge in [0.15, 0.2) is 0 Å². The SMILES string of the molecule is CC(C)S(=O)(=O)N1CCC[C@H](c2nnc(CN3CCCCC3)n2C)C1. The Bertz CT molecular complexity index is 679. The maximum absolute atomic E-state index is 12.5.